The van der Waals surface area contributed by atoms with Gasteiger partial charge in [-0.1, -0.05) is 30.3 Å². The maximum atomic E-state index is 12.9. The van der Waals surface area contributed by atoms with Crippen LogP contribution in [0.15, 0.2) is 54.6 Å². The summed E-state index contributed by atoms with van der Waals surface area (Å²) in [5, 5.41) is -1.20. The second-order valence-electron chi connectivity index (χ2n) is 5.68. The Labute approximate surface area is 149 Å². The van der Waals surface area contributed by atoms with Gasteiger partial charge in [0.05, 0.1) is 12.2 Å². The highest BCUT2D eigenvalue weighted by Gasteiger charge is 2.44. The largest absolute Gasteiger partial charge is 0.368 e. The molecule has 0 aliphatic carbocycles. The molecule has 0 radical (unpaired) electrons. The number of imide groups is 1. The maximum Gasteiger partial charge on any atom is 0.295 e. The third-order valence-corrected chi connectivity index (χ3v) is 4.85. The number of carbonyl (C=O) groups is 3. The molecule has 2 N–H and O–H groups in total. The molecule has 1 heterocycles. The standard InChI is InChI=1S/C18H17N3O3S/c1-12-6-5-9-14(10-12)21-16(23)17(25-18(21)24)20(11-15(19)22)13-7-3-2-4-8-13/h2-10,17H,11H2,1H3,(H2,19,22). The third-order valence-electron chi connectivity index (χ3n) is 3.78. The number of aryl methyl sites for hydroxylation is 1. The maximum absolute atomic E-state index is 12.9. The van der Waals surface area contributed by atoms with Gasteiger partial charge in [-0.15, -0.1) is 0 Å². The third kappa shape index (κ3) is 3.51. The molecule has 1 aliphatic rings. The summed E-state index contributed by atoms with van der Waals surface area (Å²) in [5.41, 5.74) is 7.48. The van der Waals surface area contributed by atoms with Gasteiger partial charge in [0.1, 0.15) is 0 Å². The number of benzene rings is 2. The first kappa shape index (κ1) is 17.0. The van der Waals surface area contributed by atoms with Crippen LogP contribution < -0.4 is 15.5 Å². The predicted molar refractivity (Wildman–Crippen MR) is 98.4 cm³/mol. The van der Waals surface area contributed by atoms with Crippen LogP contribution in [0.3, 0.4) is 0 Å². The fourth-order valence-electron chi connectivity index (χ4n) is 2.69. The quantitative estimate of drug-likeness (QED) is 0.891. The molecule has 3 amide bonds. The Morgan fingerprint density at radius 3 is 2.52 bits per heavy atom. The van der Waals surface area contributed by atoms with Crippen LogP contribution in [0.4, 0.5) is 16.2 Å². The van der Waals surface area contributed by atoms with E-state index < -0.39 is 11.3 Å². The number of anilines is 2. The number of primary amides is 1. The van der Waals surface area contributed by atoms with Crippen molar-refractivity contribution >= 4 is 40.2 Å². The lowest BCUT2D eigenvalue weighted by Crippen LogP contribution is -2.45. The molecule has 128 valence electrons. The van der Waals surface area contributed by atoms with Crippen molar-refractivity contribution < 1.29 is 14.4 Å². The van der Waals surface area contributed by atoms with E-state index in [0.717, 1.165) is 22.2 Å². The molecule has 25 heavy (non-hydrogen) atoms. The van der Waals surface area contributed by atoms with Crippen LogP contribution in [0.1, 0.15) is 5.56 Å². The van der Waals surface area contributed by atoms with Crippen LogP contribution in [0, 0.1) is 6.92 Å². The minimum absolute atomic E-state index is 0.150. The van der Waals surface area contributed by atoms with Crippen molar-refractivity contribution in [3.63, 3.8) is 0 Å². The summed E-state index contributed by atoms with van der Waals surface area (Å²) >= 11 is 0.883. The smallest absolute Gasteiger partial charge is 0.295 e. The van der Waals surface area contributed by atoms with Crippen LogP contribution >= 0.6 is 11.8 Å². The number of para-hydroxylation sites is 1. The van der Waals surface area contributed by atoms with Gasteiger partial charge in [-0.25, -0.2) is 4.90 Å². The van der Waals surface area contributed by atoms with Gasteiger partial charge in [-0.05, 0) is 48.5 Å². The van der Waals surface area contributed by atoms with Crippen molar-refractivity contribution in [3.05, 3.63) is 60.2 Å². The second kappa shape index (κ2) is 6.98. The molecular formula is C18H17N3O3S. The van der Waals surface area contributed by atoms with Crippen molar-refractivity contribution in [3.8, 4) is 0 Å². The number of hydrogen-bond acceptors (Lipinski definition) is 5. The van der Waals surface area contributed by atoms with Gasteiger partial charge < -0.3 is 10.6 Å². The normalized spacial score (nSPS) is 17.0. The molecule has 1 fully saturated rings. The van der Waals surface area contributed by atoms with Gasteiger partial charge in [0.15, 0.2) is 5.37 Å². The average molecular weight is 355 g/mol. The molecule has 2 aromatic carbocycles. The topological polar surface area (TPSA) is 83.7 Å². The number of carbonyl (C=O) groups excluding carboxylic acids is 3. The summed E-state index contributed by atoms with van der Waals surface area (Å²) in [7, 11) is 0. The van der Waals surface area contributed by atoms with Crippen LogP contribution in [0.25, 0.3) is 0 Å². The molecule has 1 aliphatic heterocycles. The molecule has 7 heteroatoms. The molecule has 0 bridgehead atoms. The number of hydrogen-bond donors (Lipinski definition) is 1. The van der Waals surface area contributed by atoms with E-state index in [2.05, 4.69) is 0 Å². The lowest BCUT2D eigenvalue weighted by atomic mass is 10.2. The van der Waals surface area contributed by atoms with Crippen LogP contribution in [-0.2, 0) is 9.59 Å². The summed E-state index contributed by atoms with van der Waals surface area (Å²) in [6.07, 6.45) is 0. The summed E-state index contributed by atoms with van der Waals surface area (Å²) < 4.78 is 0. The lowest BCUT2D eigenvalue weighted by Gasteiger charge is -2.27. The highest BCUT2D eigenvalue weighted by molar-refractivity contribution is 8.16. The SMILES string of the molecule is Cc1cccc(N2C(=O)SC(N(CC(N)=O)c3ccccc3)C2=O)c1. The first-order chi connectivity index (χ1) is 12.0. The first-order valence-electron chi connectivity index (χ1n) is 7.68. The van der Waals surface area contributed by atoms with E-state index in [1.807, 2.05) is 19.1 Å². The number of amides is 3. The zero-order valence-corrected chi connectivity index (χ0v) is 14.4. The summed E-state index contributed by atoms with van der Waals surface area (Å²) in [5.74, 6) is -0.954. The number of rotatable bonds is 5. The molecule has 2 aromatic rings. The van der Waals surface area contributed by atoms with Crippen LogP contribution in [0.2, 0.25) is 0 Å². The molecule has 1 saturated heterocycles. The Kier molecular flexibility index (Phi) is 4.76. The zero-order chi connectivity index (χ0) is 18.0. The van der Waals surface area contributed by atoms with Gasteiger partial charge in [0, 0.05) is 5.69 Å². The first-order valence-corrected chi connectivity index (χ1v) is 8.56. The lowest BCUT2D eigenvalue weighted by molar-refractivity contribution is -0.117. The monoisotopic (exact) mass is 355 g/mol. The van der Waals surface area contributed by atoms with Gasteiger partial charge in [0.2, 0.25) is 5.91 Å². The molecule has 0 saturated carbocycles. The number of nitrogens with zero attached hydrogens (tertiary/aromatic N) is 2. The van der Waals surface area contributed by atoms with Crippen LogP contribution in [-0.4, -0.2) is 29.0 Å². The molecule has 3 rings (SSSR count). The van der Waals surface area contributed by atoms with E-state index in [0.29, 0.717) is 11.4 Å². The van der Waals surface area contributed by atoms with E-state index >= 15 is 0 Å². The van der Waals surface area contributed by atoms with E-state index in [1.54, 1.807) is 47.4 Å². The van der Waals surface area contributed by atoms with E-state index in [4.69, 9.17) is 5.73 Å². The minimum Gasteiger partial charge on any atom is -0.368 e. The predicted octanol–water partition coefficient (Wildman–Crippen LogP) is 2.51. The zero-order valence-electron chi connectivity index (χ0n) is 13.6. The van der Waals surface area contributed by atoms with E-state index in [9.17, 15) is 14.4 Å². The Morgan fingerprint density at radius 1 is 1.16 bits per heavy atom. The van der Waals surface area contributed by atoms with E-state index in [1.165, 1.54) is 0 Å². The fraction of sp³-hybridized carbons (Fsp3) is 0.167. The molecule has 0 aromatic heterocycles. The minimum atomic E-state index is -0.831. The molecule has 1 unspecified atom stereocenters. The summed E-state index contributed by atoms with van der Waals surface area (Å²) in [6.45, 7) is 1.74. The van der Waals surface area contributed by atoms with Gasteiger partial charge >= 0.3 is 0 Å². The molecule has 0 spiro atoms. The molecule has 6 nitrogen and oxygen atoms in total. The van der Waals surface area contributed by atoms with Gasteiger partial charge in [0.25, 0.3) is 11.1 Å². The van der Waals surface area contributed by atoms with Crippen molar-refractivity contribution in [2.75, 3.05) is 16.3 Å². The second-order valence-corrected chi connectivity index (χ2v) is 6.71. The highest BCUT2D eigenvalue weighted by Crippen LogP contribution is 2.35. The molecular weight excluding hydrogens is 338 g/mol. The van der Waals surface area contributed by atoms with Crippen molar-refractivity contribution in [1.29, 1.82) is 0 Å². The Bertz CT molecular complexity index is 825. The number of thioether (sulfide) groups is 1. The van der Waals surface area contributed by atoms with Crippen molar-refractivity contribution in [2.45, 2.75) is 12.3 Å². The average Bonchev–Trinajstić information content (AvgIpc) is 2.87. The van der Waals surface area contributed by atoms with E-state index in [-0.39, 0.29) is 17.7 Å². The van der Waals surface area contributed by atoms with Gasteiger partial charge in [-0.3, -0.25) is 14.4 Å². The van der Waals surface area contributed by atoms with Gasteiger partial charge in [-0.2, -0.15) is 0 Å². The number of nitrogens with two attached hydrogens (primary N) is 1. The Balaban J connectivity index is 1.94. The fourth-order valence-corrected chi connectivity index (χ4v) is 3.71. The molecule has 1 atom stereocenters. The Morgan fingerprint density at radius 2 is 1.88 bits per heavy atom. The Hall–Kier alpha value is -2.80. The summed E-state index contributed by atoms with van der Waals surface area (Å²) in [4.78, 5) is 39.6. The van der Waals surface area contributed by atoms with Crippen molar-refractivity contribution in [2.24, 2.45) is 5.73 Å². The highest BCUT2D eigenvalue weighted by atomic mass is 32.2. The van der Waals surface area contributed by atoms with Crippen LogP contribution in [0.5, 0.6) is 0 Å². The van der Waals surface area contributed by atoms with Crippen molar-refractivity contribution in [1.82, 2.24) is 0 Å². The summed E-state index contributed by atoms with van der Waals surface area (Å²) in [6, 6.07) is 16.2.